The molecule has 0 radical (unpaired) electrons. The van der Waals surface area contributed by atoms with Gasteiger partial charge in [0.1, 0.15) is 0 Å². The maximum absolute atomic E-state index is 8.57. The van der Waals surface area contributed by atoms with Crippen LogP contribution in [0.1, 0.15) is 5.56 Å². The van der Waals surface area contributed by atoms with Gasteiger partial charge in [0.25, 0.3) is 0 Å². The van der Waals surface area contributed by atoms with E-state index in [4.69, 9.17) is 16.9 Å². The van der Waals surface area contributed by atoms with Crippen LogP contribution in [0, 0.1) is 11.3 Å². The van der Waals surface area contributed by atoms with E-state index in [1.807, 2.05) is 24.4 Å². The van der Waals surface area contributed by atoms with Crippen molar-refractivity contribution in [2.75, 3.05) is 0 Å². The molecule has 1 aromatic carbocycles. The fourth-order valence-electron chi connectivity index (χ4n) is 1.36. The highest BCUT2D eigenvalue weighted by molar-refractivity contribution is 9.10. The van der Waals surface area contributed by atoms with Crippen LogP contribution in [-0.2, 0) is 6.42 Å². The molecule has 3 nitrogen and oxygen atoms in total. The Morgan fingerprint density at radius 1 is 1.44 bits per heavy atom. The lowest BCUT2D eigenvalue weighted by Gasteiger charge is -2.02. The van der Waals surface area contributed by atoms with E-state index < -0.39 is 0 Å². The number of aromatic nitrogens is 2. The Labute approximate surface area is 106 Å². The zero-order valence-electron chi connectivity index (χ0n) is 8.19. The van der Waals surface area contributed by atoms with Gasteiger partial charge in [-0.25, -0.2) is 4.68 Å². The maximum Gasteiger partial charge on any atom is 0.0671 e. The number of benzene rings is 1. The van der Waals surface area contributed by atoms with E-state index in [-0.39, 0.29) is 0 Å². The van der Waals surface area contributed by atoms with E-state index in [1.165, 1.54) is 0 Å². The van der Waals surface area contributed by atoms with Crippen LogP contribution in [0.4, 0.5) is 0 Å². The third kappa shape index (κ3) is 2.43. The average molecular weight is 297 g/mol. The molecule has 0 bridgehead atoms. The number of hydrogen-bond acceptors (Lipinski definition) is 2. The van der Waals surface area contributed by atoms with Crippen molar-refractivity contribution in [1.82, 2.24) is 9.78 Å². The summed E-state index contributed by atoms with van der Waals surface area (Å²) in [5, 5.41) is 13.4. The van der Waals surface area contributed by atoms with Crippen molar-refractivity contribution in [2.45, 2.75) is 6.42 Å². The lowest BCUT2D eigenvalue weighted by atomic mass is 10.3. The smallest absolute Gasteiger partial charge is 0.0671 e. The van der Waals surface area contributed by atoms with E-state index in [1.54, 1.807) is 10.9 Å². The molecule has 80 valence electrons. The molecule has 1 heterocycles. The Bertz CT molecular complexity index is 536. The minimum atomic E-state index is 0.363. The van der Waals surface area contributed by atoms with Crippen LogP contribution >= 0.6 is 27.5 Å². The topological polar surface area (TPSA) is 41.6 Å². The lowest BCUT2D eigenvalue weighted by molar-refractivity contribution is 0.879. The van der Waals surface area contributed by atoms with Crippen LogP contribution in [0.2, 0.25) is 5.02 Å². The third-order valence-corrected chi connectivity index (χ3v) is 2.71. The number of nitriles is 1. The summed E-state index contributed by atoms with van der Waals surface area (Å²) >= 11 is 9.31. The molecule has 0 saturated carbocycles. The summed E-state index contributed by atoms with van der Waals surface area (Å²) in [6, 6.07) is 7.62. The highest BCUT2D eigenvalue weighted by atomic mass is 79.9. The van der Waals surface area contributed by atoms with E-state index >= 15 is 0 Å². The minimum Gasteiger partial charge on any atom is -0.241 e. The molecule has 0 unspecified atom stereocenters. The molecule has 0 fully saturated rings. The van der Waals surface area contributed by atoms with Gasteiger partial charge in [-0.05, 0) is 18.2 Å². The van der Waals surface area contributed by atoms with Crippen molar-refractivity contribution >= 4 is 27.5 Å². The number of halogens is 2. The molecule has 0 aliphatic rings. The van der Waals surface area contributed by atoms with Crippen molar-refractivity contribution in [3.8, 4) is 11.8 Å². The SMILES string of the molecule is N#CCc1cnn(-c2cc(Cl)cc(Br)c2)c1. The molecule has 0 amide bonds. The predicted octanol–water partition coefficient (Wildman–Crippen LogP) is 3.35. The first kappa shape index (κ1) is 11.2. The first-order valence-electron chi connectivity index (χ1n) is 4.56. The molecule has 0 aliphatic carbocycles. The summed E-state index contributed by atoms with van der Waals surface area (Å²) in [5.41, 5.74) is 1.75. The minimum absolute atomic E-state index is 0.363. The number of nitrogens with zero attached hydrogens (tertiary/aromatic N) is 3. The summed E-state index contributed by atoms with van der Waals surface area (Å²) in [5.74, 6) is 0. The van der Waals surface area contributed by atoms with Crippen LogP contribution in [-0.4, -0.2) is 9.78 Å². The second-order valence-electron chi connectivity index (χ2n) is 3.26. The maximum atomic E-state index is 8.57. The molecule has 2 rings (SSSR count). The van der Waals surface area contributed by atoms with Gasteiger partial charge in [-0.15, -0.1) is 0 Å². The van der Waals surface area contributed by atoms with E-state index in [9.17, 15) is 0 Å². The third-order valence-electron chi connectivity index (χ3n) is 2.03. The van der Waals surface area contributed by atoms with E-state index in [2.05, 4.69) is 27.1 Å². The fourth-order valence-corrected chi connectivity index (χ4v) is 2.20. The van der Waals surface area contributed by atoms with Crippen molar-refractivity contribution in [3.63, 3.8) is 0 Å². The quantitative estimate of drug-likeness (QED) is 0.853. The first-order chi connectivity index (χ1) is 7.69. The zero-order chi connectivity index (χ0) is 11.5. The molecule has 0 saturated heterocycles. The van der Waals surface area contributed by atoms with Gasteiger partial charge in [0.2, 0.25) is 0 Å². The molecule has 5 heteroatoms. The lowest BCUT2D eigenvalue weighted by Crippen LogP contribution is -1.93. The average Bonchev–Trinajstić information content (AvgIpc) is 2.65. The molecular formula is C11H7BrClN3. The largest absolute Gasteiger partial charge is 0.241 e. The van der Waals surface area contributed by atoms with Crippen molar-refractivity contribution in [3.05, 3.63) is 45.7 Å². The molecule has 0 spiro atoms. The fraction of sp³-hybridized carbons (Fsp3) is 0.0909. The summed E-state index contributed by atoms with van der Waals surface area (Å²) < 4.78 is 2.59. The second-order valence-corrected chi connectivity index (χ2v) is 4.61. The van der Waals surface area contributed by atoms with Gasteiger partial charge in [-0.2, -0.15) is 10.4 Å². The van der Waals surface area contributed by atoms with Crippen molar-refractivity contribution < 1.29 is 0 Å². The van der Waals surface area contributed by atoms with E-state index in [0.717, 1.165) is 15.7 Å². The highest BCUT2D eigenvalue weighted by Crippen LogP contribution is 2.22. The number of hydrogen-bond donors (Lipinski definition) is 0. The zero-order valence-corrected chi connectivity index (χ0v) is 10.5. The summed E-state index contributed by atoms with van der Waals surface area (Å²) in [7, 11) is 0. The molecule has 1 aromatic heterocycles. The monoisotopic (exact) mass is 295 g/mol. The summed E-state index contributed by atoms with van der Waals surface area (Å²) in [4.78, 5) is 0. The van der Waals surface area contributed by atoms with Gasteiger partial charge < -0.3 is 0 Å². The Morgan fingerprint density at radius 3 is 2.94 bits per heavy atom. The van der Waals surface area contributed by atoms with Crippen LogP contribution in [0.3, 0.4) is 0 Å². The molecule has 0 N–H and O–H groups in total. The molecule has 0 atom stereocenters. The summed E-state index contributed by atoms with van der Waals surface area (Å²) in [6.45, 7) is 0. The van der Waals surface area contributed by atoms with Crippen LogP contribution in [0.5, 0.6) is 0 Å². The van der Waals surface area contributed by atoms with E-state index in [0.29, 0.717) is 11.4 Å². The van der Waals surface area contributed by atoms with Crippen LogP contribution in [0.25, 0.3) is 5.69 Å². The van der Waals surface area contributed by atoms with Gasteiger partial charge in [0.05, 0.1) is 24.4 Å². The standard InChI is InChI=1S/C11H7BrClN3/c12-9-3-10(13)5-11(4-9)16-7-8(1-2-14)6-15-16/h3-7H,1H2. The Hall–Kier alpha value is -1.31. The van der Waals surface area contributed by atoms with Crippen molar-refractivity contribution in [2.24, 2.45) is 0 Å². The van der Waals surface area contributed by atoms with Gasteiger partial charge in [0.15, 0.2) is 0 Å². The Morgan fingerprint density at radius 2 is 2.25 bits per heavy atom. The summed E-state index contributed by atoms with van der Waals surface area (Å²) in [6.07, 6.45) is 3.86. The molecule has 2 aromatic rings. The van der Waals surface area contributed by atoms with Gasteiger partial charge >= 0.3 is 0 Å². The highest BCUT2D eigenvalue weighted by Gasteiger charge is 2.03. The van der Waals surface area contributed by atoms with Gasteiger partial charge in [0, 0.05) is 21.3 Å². The predicted molar refractivity (Wildman–Crippen MR) is 65.6 cm³/mol. The second kappa shape index (κ2) is 4.69. The first-order valence-corrected chi connectivity index (χ1v) is 5.73. The van der Waals surface area contributed by atoms with Crippen LogP contribution < -0.4 is 0 Å². The molecular weight excluding hydrogens is 289 g/mol. The van der Waals surface area contributed by atoms with Gasteiger partial charge in [-0.3, -0.25) is 0 Å². The van der Waals surface area contributed by atoms with Crippen LogP contribution in [0.15, 0.2) is 35.1 Å². The van der Waals surface area contributed by atoms with Gasteiger partial charge in [-0.1, -0.05) is 27.5 Å². The number of rotatable bonds is 2. The molecule has 0 aliphatic heterocycles. The normalized spacial score (nSPS) is 10.1. The Kier molecular flexibility index (Phi) is 3.28. The Balaban J connectivity index is 2.39. The van der Waals surface area contributed by atoms with Crippen molar-refractivity contribution in [1.29, 1.82) is 5.26 Å². The molecule has 16 heavy (non-hydrogen) atoms.